The molecule has 0 saturated carbocycles. The van der Waals surface area contributed by atoms with Crippen LogP contribution in [-0.2, 0) is 17.8 Å². The first-order valence-electron chi connectivity index (χ1n) is 7.15. The molecular formula is C16H16Cl2N2OS. The number of nitrogens with zero attached hydrogens (tertiary/aromatic N) is 1. The number of fused-ring (bicyclic) bond motifs is 1. The minimum absolute atomic E-state index is 0.0638. The van der Waals surface area contributed by atoms with Gasteiger partial charge >= 0.3 is 0 Å². The molecule has 0 atom stereocenters. The molecule has 3 rings (SSSR count). The van der Waals surface area contributed by atoms with Crippen LogP contribution in [0.1, 0.15) is 16.9 Å². The highest BCUT2D eigenvalue weighted by Gasteiger charge is 2.18. The number of halogens is 2. The summed E-state index contributed by atoms with van der Waals surface area (Å²) in [6.45, 7) is 2.68. The van der Waals surface area contributed by atoms with Gasteiger partial charge < -0.3 is 5.32 Å². The zero-order valence-corrected chi connectivity index (χ0v) is 14.3. The van der Waals surface area contributed by atoms with Crippen molar-refractivity contribution in [1.29, 1.82) is 0 Å². The number of amides is 1. The Kier molecular flexibility index (Phi) is 5.03. The fourth-order valence-electron chi connectivity index (χ4n) is 2.58. The van der Waals surface area contributed by atoms with Crippen LogP contribution in [0.4, 0.5) is 5.69 Å². The van der Waals surface area contributed by atoms with Gasteiger partial charge in [0.05, 0.1) is 15.7 Å². The largest absolute Gasteiger partial charge is 0.324 e. The molecular weight excluding hydrogens is 339 g/mol. The van der Waals surface area contributed by atoms with Crippen LogP contribution < -0.4 is 5.32 Å². The average molecular weight is 355 g/mol. The summed E-state index contributed by atoms with van der Waals surface area (Å²) in [5.41, 5.74) is 1.89. The average Bonchev–Trinajstić information content (AvgIpc) is 2.96. The van der Waals surface area contributed by atoms with Crippen LogP contribution in [0, 0.1) is 0 Å². The Hall–Kier alpha value is -1.07. The Morgan fingerprint density at radius 2 is 2.05 bits per heavy atom. The lowest BCUT2D eigenvalue weighted by molar-refractivity contribution is -0.116. The maximum atomic E-state index is 12.1. The fraction of sp³-hybridized carbons (Fsp3) is 0.312. The topological polar surface area (TPSA) is 32.3 Å². The van der Waals surface area contributed by atoms with Crippen LogP contribution >= 0.6 is 34.5 Å². The molecule has 6 heteroatoms. The Balaban J connectivity index is 1.53. The fourth-order valence-corrected chi connectivity index (χ4v) is 3.96. The van der Waals surface area contributed by atoms with E-state index in [1.165, 1.54) is 10.4 Å². The summed E-state index contributed by atoms with van der Waals surface area (Å²) in [5.74, 6) is -0.0638. The molecule has 22 heavy (non-hydrogen) atoms. The molecule has 1 amide bonds. The molecule has 0 radical (unpaired) electrons. The number of para-hydroxylation sites is 1. The quantitative estimate of drug-likeness (QED) is 0.879. The number of hydrogen-bond acceptors (Lipinski definition) is 3. The van der Waals surface area contributed by atoms with Gasteiger partial charge in [0.2, 0.25) is 5.91 Å². The highest BCUT2D eigenvalue weighted by atomic mass is 35.5. The van der Waals surface area contributed by atoms with E-state index >= 15 is 0 Å². The standard InChI is InChI=1S/C16H16Cl2N2OS/c17-12-2-1-3-13(18)16(12)19-15(21)5-8-20-7-4-14-11(10-20)6-9-22-14/h1-3,6,9H,4-5,7-8,10H2,(H,19,21). The summed E-state index contributed by atoms with van der Waals surface area (Å²) in [7, 11) is 0. The second-order valence-corrected chi connectivity index (χ2v) is 7.11. The molecule has 116 valence electrons. The number of anilines is 1. The second kappa shape index (κ2) is 7.01. The molecule has 1 aliphatic heterocycles. The van der Waals surface area contributed by atoms with Gasteiger partial charge in [-0.25, -0.2) is 0 Å². The minimum atomic E-state index is -0.0638. The monoisotopic (exact) mass is 354 g/mol. The first kappa shape index (κ1) is 15.8. The van der Waals surface area contributed by atoms with E-state index < -0.39 is 0 Å². The Morgan fingerprint density at radius 3 is 2.82 bits per heavy atom. The molecule has 0 spiro atoms. The predicted octanol–water partition coefficient (Wildman–Crippen LogP) is 4.44. The van der Waals surface area contributed by atoms with Gasteiger partial charge in [-0.15, -0.1) is 11.3 Å². The maximum Gasteiger partial charge on any atom is 0.225 e. The minimum Gasteiger partial charge on any atom is -0.324 e. The van der Waals surface area contributed by atoms with E-state index in [2.05, 4.69) is 21.7 Å². The van der Waals surface area contributed by atoms with Crippen LogP contribution in [0.5, 0.6) is 0 Å². The van der Waals surface area contributed by atoms with Gasteiger partial charge in [-0.2, -0.15) is 0 Å². The third-order valence-corrected chi connectivity index (χ3v) is 5.42. The lowest BCUT2D eigenvalue weighted by Gasteiger charge is -2.26. The van der Waals surface area contributed by atoms with Crippen molar-refractivity contribution in [2.24, 2.45) is 0 Å². The lowest BCUT2D eigenvalue weighted by Crippen LogP contribution is -2.32. The molecule has 2 heterocycles. The van der Waals surface area contributed by atoms with E-state index in [0.717, 1.165) is 26.1 Å². The molecule has 2 aromatic rings. The van der Waals surface area contributed by atoms with Gasteiger partial charge in [0.25, 0.3) is 0 Å². The molecule has 3 nitrogen and oxygen atoms in total. The molecule has 1 N–H and O–H groups in total. The second-order valence-electron chi connectivity index (χ2n) is 5.29. The summed E-state index contributed by atoms with van der Waals surface area (Å²) in [6.07, 6.45) is 1.51. The van der Waals surface area contributed by atoms with Crippen molar-refractivity contribution in [2.45, 2.75) is 19.4 Å². The zero-order valence-electron chi connectivity index (χ0n) is 11.9. The van der Waals surface area contributed by atoms with Gasteiger partial charge in [0, 0.05) is 30.9 Å². The van der Waals surface area contributed by atoms with E-state index in [1.54, 1.807) is 18.2 Å². The van der Waals surface area contributed by atoms with E-state index in [9.17, 15) is 4.79 Å². The van der Waals surface area contributed by atoms with E-state index in [4.69, 9.17) is 23.2 Å². The molecule has 0 fully saturated rings. The van der Waals surface area contributed by atoms with Gasteiger partial charge in [0.15, 0.2) is 0 Å². The van der Waals surface area contributed by atoms with Crippen molar-refractivity contribution in [3.8, 4) is 0 Å². The van der Waals surface area contributed by atoms with Gasteiger partial charge in [-0.05, 0) is 35.6 Å². The summed E-state index contributed by atoms with van der Waals surface area (Å²) in [6, 6.07) is 7.36. The lowest BCUT2D eigenvalue weighted by atomic mass is 10.1. The molecule has 0 bridgehead atoms. The Morgan fingerprint density at radius 1 is 1.27 bits per heavy atom. The highest BCUT2D eigenvalue weighted by Crippen LogP contribution is 2.30. The number of hydrogen-bond donors (Lipinski definition) is 1. The molecule has 1 aromatic carbocycles. The van der Waals surface area contributed by atoms with Crippen LogP contribution in [0.15, 0.2) is 29.6 Å². The smallest absolute Gasteiger partial charge is 0.225 e. The third kappa shape index (κ3) is 3.63. The van der Waals surface area contributed by atoms with Crippen LogP contribution in [0.25, 0.3) is 0 Å². The van der Waals surface area contributed by atoms with Gasteiger partial charge in [-0.1, -0.05) is 29.3 Å². The summed E-state index contributed by atoms with van der Waals surface area (Å²) in [4.78, 5) is 15.9. The van der Waals surface area contributed by atoms with E-state index in [-0.39, 0.29) is 5.91 Å². The molecule has 0 saturated heterocycles. The van der Waals surface area contributed by atoms with Gasteiger partial charge in [0.1, 0.15) is 0 Å². The first-order chi connectivity index (χ1) is 10.6. The van der Waals surface area contributed by atoms with Crippen LogP contribution in [0.3, 0.4) is 0 Å². The van der Waals surface area contributed by atoms with Crippen molar-refractivity contribution in [3.05, 3.63) is 50.1 Å². The SMILES string of the molecule is O=C(CCN1CCc2sccc2C1)Nc1c(Cl)cccc1Cl. The molecule has 0 unspecified atom stereocenters. The van der Waals surface area contributed by atoms with E-state index in [1.807, 2.05) is 11.3 Å². The van der Waals surface area contributed by atoms with E-state index in [0.29, 0.717) is 22.2 Å². The van der Waals surface area contributed by atoms with Crippen molar-refractivity contribution < 1.29 is 4.79 Å². The molecule has 0 aliphatic carbocycles. The van der Waals surface area contributed by atoms with Crippen molar-refractivity contribution in [3.63, 3.8) is 0 Å². The number of rotatable bonds is 4. The first-order valence-corrected chi connectivity index (χ1v) is 8.78. The van der Waals surface area contributed by atoms with Gasteiger partial charge in [-0.3, -0.25) is 9.69 Å². The molecule has 1 aliphatic rings. The number of carbonyl (C=O) groups is 1. The summed E-state index contributed by atoms with van der Waals surface area (Å²) in [5, 5.41) is 5.86. The number of benzene rings is 1. The maximum absolute atomic E-state index is 12.1. The number of thiophene rings is 1. The number of nitrogens with one attached hydrogen (secondary N) is 1. The summed E-state index contributed by atoms with van der Waals surface area (Å²) >= 11 is 13.9. The zero-order chi connectivity index (χ0) is 15.5. The van der Waals surface area contributed by atoms with Crippen molar-refractivity contribution in [1.82, 2.24) is 4.90 Å². The summed E-state index contributed by atoms with van der Waals surface area (Å²) < 4.78 is 0. The predicted molar refractivity (Wildman–Crippen MR) is 93.0 cm³/mol. The Bertz CT molecular complexity index is 666. The van der Waals surface area contributed by atoms with Crippen LogP contribution in [-0.4, -0.2) is 23.9 Å². The van der Waals surface area contributed by atoms with Crippen LogP contribution in [0.2, 0.25) is 10.0 Å². The normalized spacial score (nSPS) is 14.6. The third-order valence-electron chi connectivity index (χ3n) is 3.77. The molecule has 1 aromatic heterocycles. The highest BCUT2D eigenvalue weighted by molar-refractivity contribution is 7.10. The van der Waals surface area contributed by atoms with Crippen molar-refractivity contribution in [2.75, 3.05) is 18.4 Å². The Labute approximate surface area is 143 Å². The number of carbonyl (C=O) groups excluding carboxylic acids is 1. The van der Waals surface area contributed by atoms with Crippen molar-refractivity contribution >= 4 is 46.1 Å².